The summed E-state index contributed by atoms with van der Waals surface area (Å²) in [6, 6.07) is 15.1. The molecule has 0 amide bonds. The zero-order valence-corrected chi connectivity index (χ0v) is 16.6. The van der Waals surface area contributed by atoms with E-state index >= 15 is 0 Å². The molecule has 2 aromatic carbocycles. The standard InChI is InChI=1S/C22H26FN5/c1-17-25-10-11-28(17)16-19-7-4-6-18(12-19)14-26-22(24-2)27(3)15-20-8-5-9-21(23)13-20/h4-13H,14-16H2,1-3H3,(H,24,26). The Morgan fingerprint density at radius 1 is 1.14 bits per heavy atom. The van der Waals surface area contributed by atoms with Gasteiger partial charge in [-0.1, -0.05) is 36.4 Å². The molecular weight excluding hydrogens is 353 g/mol. The van der Waals surface area contributed by atoms with Gasteiger partial charge in [-0.3, -0.25) is 4.99 Å². The van der Waals surface area contributed by atoms with E-state index in [1.165, 1.54) is 17.2 Å². The molecule has 28 heavy (non-hydrogen) atoms. The molecule has 1 N–H and O–H groups in total. The van der Waals surface area contributed by atoms with Crippen LogP contribution in [0, 0.1) is 12.7 Å². The van der Waals surface area contributed by atoms with Crippen LogP contribution >= 0.6 is 0 Å². The number of aliphatic imine (C=N–C) groups is 1. The van der Waals surface area contributed by atoms with Gasteiger partial charge in [0.15, 0.2) is 5.96 Å². The molecule has 1 aromatic heterocycles. The largest absolute Gasteiger partial charge is 0.352 e. The number of aryl methyl sites for hydroxylation is 1. The molecular formula is C22H26FN5. The fourth-order valence-corrected chi connectivity index (χ4v) is 3.16. The third-order valence-corrected chi connectivity index (χ3v) is 4.60. The number of halogens is 1. The minimum absolute atomic E-state index is 0.223. The summed E-state index contributed by atoms with van der Waals surface area (Å²) >= 11 is 0. The van der Waals surface area contributed by atoms with Crippen LogP contribution in [-0.2, 0) is 19.6 Å². The summed E-state index contributed by atoms with van der Waals surface area (Å²) in [5, 5.41) is 3.38. The highest BCUT2D eigenvalue weighted by molar-refractivity contribution is 5.79. The van der Waals surface area contributed by atoms with Gasteiger partial charge >= 0.3 is 0 Å². The quantitative estimate of drug-likeness (QED) is 0.526. The van der Waals surface area contributed by atoms with Crippen molar-refractivity contribution in [3.8, 4) is 0 Å². The van der Waals surface area contributed by atoms with Crippen molar-refractivity contribution < 1.29 is 4.39 Å². The summed E-state index contributed by atoms with van der Waals surface area (Å²) in [7, 11) is 3.70. The lowest BCUT2D eigenvalue weighted by atomic mass is 10.1. The third-order valence-electron chi connectivity index (χ3n) is 4.60. The summed E-state index contributed by atoms with van der Waals surface area (Å²) < 4.78 is 15.5. The Kier molecular flexibility index (Phi) is 6.42. The molecule has 0 radical (unpaired) electrons. The van der Waals surface area contributed by atoms with E-state index in [0.29, 0.717) is 13.1 Å². The monoisotopic (exact) mass is 379 g/mol. The van der Waals surface area contributed by atoms with Crippen molar-refractivity contribution in [2.45, 2.75) is 26.6 Å². The van der Waals surface area contributed by atoms with Crippen molar-refractivity contribution >= 4 is 5.96 Å². The summed E-state index contributed by atoms with van der Waals surface area (Å²) in [5.74, 6) is 1.54. The van der Waals surface area contributed by atoms with Crippen LogP contribution in [0.3, 0.4) is 0 Å². The van der Waals surface area contributed by atoms with E-state index in [0.717, 1.165) is 23.9 Å². The predicted octanol–water partition coefficient (Wildman–Crippen LogP) is 3.59. The van der Waals surface area contributed by atoms with E-state index in [1.807, 2.05) is 37.3 Å². The Bertz CT molecular complexity index is 947. The maximum atomic E-state index is 13.4. The predicted molar refractivity (Wildman–Crippen MR) is 111 cm³/mol. The number of hydrogen-bond donors (Lipinski definition) is 1. The number of aromatic nitrogens is 2. The number of imidazole rings is 1. The van der Waals surface area contributed by atoms with Crippen molar-refractivity contribution in [2.75, 3.05) is 14.1 Å². The number of rotatable bonds is 6. The molecule has 0 spiro atoms. The first-order valence-electron chi connectivity index (χ1n) is 9.27. The molecule has 3 aromatic rings. The molecule has 0 atom stereocenters. The van der Waals surface area contributed by atoms with Crippen LogP contribution in [0.1, 0.15) is 22.5 Å². The molecule has 0 bridgehead atoms. The fraction of sp³-hybridized carbons (Fsp3) is 0.273. The first kappa shape index (κ1) is 19.6. The van der Waals surface area contributed by atoms with Crippen LogP contribution in [0.5, 0.6) is 0 Å². The fourth-order valence-electron chi connectivity index (χ4n) is 3.16. The number of guanidine groups is 1. The van der Waals surface area contributed by atoms with Crippen molar-refractivity contribution in [3.05, 3.63) is 89.3 Å². The van der Waals surface area contributed by atoms with Gasteiger partial charge in [-0.05, 0) is 35.7 Å². The number of hydrogen-bond acceptors (Lipinski definition) is 2. The maximum Gasteiger partial charge on any atom is 0.193 e. The first-order valence-corrected chi connectivity index (χ1v) is 9.27. The molecule has 0 aliphatic heterocycles. The molecule has 0 aliphatic carbocycles. The van der Waals surface area contributed by atoms with Crippen LogP contribution in [0.4, 0.5) is 4.39 Å². The van der Waals surface area contributed by atoms with Gasteiger partial charge in [0, 0.05) is 46.1 Å². The molecule has 0 saturated carbocycles. The lowest BCUT2D eigenvalue weighted by molar-refractivity contribution is 0.474. The number of nitrogens with one attached hydrogen (secondary N) is 1. The number of nitrogens with zero attached hydrogens (tertiary/aromatic N) is 4. The number of benzene rings is 2. The van der Waals surface area contributed by atoms with Crippen molar-refractivity contribution in [2.24, 2.45) is 4.99 Å². The molecule has 0 saturated heterocycles. The Labute approximate surface area is 165 Å². The second-order valence-corrected chi connectivity index (χ2v) is 6.81. The van der Waals surface area contributed by atoms with Gasteiger partial charge < -0.3 is 14.8 Å². The highest BCUT2D eigenvalue weighted by Crippen LogP contribution is 2.10. The second kappa shape index (κ2) is 9.17. The highest BCUT2D eigenvalue weighted by Gasteiger charge is 2.08. The summed E-state index contributed by atoms with van der Waals surface area (Å²) in [6.45, 7) is 4.05. The van der Waals surface area contributed by atoms with Crippen molar-refractivity contribution in [1.82, 2.24) is 19.8 Å². The average Bonchev–Trinajstić information content (AvgIpc) is 3.07. The van der Waals surface area contributed by atoms with Gasteiger partial charge in [0.25, 0.3) is 0 Å². The van der Waals surface area contributed by atoms with Gasteiger partial charge in [-0.25, -0.2) is 9.37 Å². The first-order chi connectivity index (χ1) is 13.5. The molecule has 146 valence electrons. The maximum absolute atomic E-state index is 13.4. The molecule has 3 rings (SSSR count). The normalized spacial score (nSPS) is 11.5. The van der Waals surface area contributed by atoms with Crippen LogP contribution in [0.15, 0.2) is 65.9 Å². The smallest absolute Gasteiger partial charge is 0.193 e. The Morgan fingerprint density at radius 2 is 1.89 bits per heavy atom. The van der Waals surface area contributed by atoms with E-state index in [9.17, 15) is 4.39 Å². The molecule has 0 fully saturated rings. The lowest BCUT2D eigenvalue weighted by Crippen LogP contribution is -2.38. The zero-order chi connectivity index (χ0) is 19.9. The van der Waals surface area contributed by atoms with E-state index < -0.39 is 0 Å². The van der Waals surface area contributed by atoms with Crippen molar-refractivity contribution in [1.29, 1.82) is 0 Å². The Hall–Kier alpha value is -3.15. The van der Waals surface area contributed by atoms with Crippen LogP contribution in [0.2, 0.25) is 0 Å². The minimum Gasteiger partial charge on any atom is -0.352 e. The van der Waals surface area contributed by atoms with Gasteiger partial charge in [0.05, 0.1) is 0 Å². The zero-order valence-electron chi connectivity index (χ0n) is 16.6. The molecule has 0 unspecified atom stereocenters. The van der Waals surface area contributed by atoms with Gasteiger partial charge in [-0.15, -0.1) is 0 Å². The second-order valence-electron chi connectivity index (χ2n) is 6.81. The average molecular weight is 379 g/mol. The highest BCUT2D eigenvalue weighted by atomic mass is 19.1. The van der Waals surface area contributed by atoms with E-state index in [4.69, 9.17) is 0 Å². The summed E-state index contributed by atoms with van der Waals surface area (Å²) in [6.07, 6.45) is 3.81. The molecule has 0 aliphatic rings. The lowest BCUT2D eigenvalue weighted by Gasteiger charge is -2.22. The van der Waals surface area contributed by atoms with Crippen LogP contribution in [-0.4, -0.2) is 34.5 Å². The van der Waals surface area contributed by atoms with E-state index in [1.54, 1.807) is 19.2 Å². The van der Waals surface area contributed by atoms with E-state index in [-0.39, 0.29) is 5.82 Å². The van der Waals surface area contributed by atoms with Crippen molar-refractivity contribution in [3.63, 3.8) is 0 Å². The molecule has 5 nitrogen and oxygen atoms in total. The SMILES string of the molecule is CN=C(NCc1cccc(Cn2ccnc2C)c1)N(C)Cc1cccc(F)c1. The van der Waals surface area contributed by atoms with E-state index in [2.05, 4.69) is 44.1 Å². The summed E-state index contributed by atoms with van der Waals surface area (Å²) in [4.78, 5) is 10.6. The third kappa shape index (κ3) is 5.19. The van der Waals surface area contributed by atoms with Gasteiger partial charge in [-0.2, -0.15) is 0 Å². The molecule has 1 heterocycles. The Balaban J connectivity index is 1.60. The molecule has 6 heteroatoms. The van der Waals surface area contributed by atoms with Gasteiger partial charge in [0.1, 0.15) is 11.6 Å². The van der Waals surface area contributed by atoms with Crippen LogP contribution < -0.4 is 5.32 Å². The van der Waals surface area contributed by atoms with Gasteiger partial charge in [0.2, 0.25) is 0 Å². The topological polar surface area (TPSA) is 45.5 Å². The summed E-state index contributed by atoms with van der Waals surface area (Å²) in [5.41, 5.74) is 3.31. The van der Waals surface area contributed by atoms with Crippen LogP contribution in [0.25, 0.3) is 0 Å². The Morgan fingerprint density at radius 3 is 2.61 bits per heavy atom. The minimum atomic E-state index is -0.223.